The van der Waals surface area contributed by atoms with Crippen molar-refractivity contribution in [2.24, 2.45) is 0 Å². The van der Waals surface area contributed by atoms with Gasteiger partial charge >= 0.3 is 0 Å². The molecule has 0 aromatic carbocycles. The standard InChI is InChI=1S/C18H27N3O3/c1-20(2)18(22)11-21-9-7-17-16(21)6-5-15(24-17)13-23-12-14-4-3-8-19-10-14/h3-4,8,10,15-17H,5-7,9,11-13H2,1-2H3/t15-,16+,17+/m1/s1. The maximum absolute atomic E-state index is 11.9. The fourth-order valence-electron chi connectivity index (χ4n) is 3.51. The van der Waals surface area contributed by atoms with Crippen LogP contribution in [0, 0.1) is 0 Å². The molecular weight excluding hydrogens is 306 g/mol. The monoisotopic (exact) mass is 333 g/mol. The molecule has 3 rings (SSSR count). The molecule has 0 unspecified atom stereocenters. The number of hydrogen-bond acceptors (Lipinski definition) is 5. The number of aromatic nitrogens is 1. The zero-order chi connectivity index (χ0) is 16.9. The van der Waals surface area contributed by atoms with Gasteiger partial charge in [-0.3, -0.25) is 14.7 Å². The van der Waals surface area contributed by atoms with E-state index in [2.05, 4.69) is 9.88 Å². The third-order valence-electron chi connectivity index (χ3n) is 4.88. The minimum atomic E-state index is 0.160. The van der Waals surface area contributed by atoms with Crippen LogP contribution in [0.5, 0.6) is 0 Å². The Bertz CT molecular complexity index is 538. The van der Waals surface area contributed by atoms with Gasteiger partial charge in [0, 0.05) is 39.1 Å². The summed E-state index contributed by atoms with van der Waals surface area (Å²) >= 11 is 0. The molecule has 3 atom stereocenters. The highest BCUT2D eigenvalue weighted by Gasteiger charge is 2.40. The molecule has 3 heterocycles. The third kappa shape index (κ3) is 4.32. The molecule has 0 radical (unpaired) electrons. The van der Waals surface area contributed by atoms with Crippen LogP contribution in [0.15, 0.2) is 24.5 Å². The summed E-state index contributed by atoms with van der Waals surface area (Å²) in [6, 6.07) is 4.31. The molecule has 132 valence electrons. The zero-order valence-electron chi connectivity index (χ0n) is 14.6. The Kier molecular flexibility index (Phi) is 5.81. The van der Waals surface area contributed by atoms with Crippen LogP contribution < -0.4 is 0 Å². The van der Waals surface area contributed by atoms with Crippen LogP contribution in [0.3, 0.4) is 0 Å². The van der Waals surface area contributed by atoms with Gasteiger partial charge in [-0.25, -0.2) is 0 Å². The van der Waals surface area contributed by atoms with E-state index in [9.17, 15) is 4.79 Å². The Labute approximate surface area is 143 Å². The first-order valence-corrected chi connectivity index (χ1v) is 8.70. The largest absolute Gasteiger partial charge is 0.374 e. The van der Waals surface area contributed by atoms with Crippen molar-refractivity contribution in [2.75, 3.05) is 33.8 Å². The Morgan fingerprint density at radius 1 is 1.42 bits per heavy atom. The second kappa shape index (κ2) is 8.05. The van der Waals surface area contributed by atoms with E-state index in [0.717, 1.165) is 31.4 Å². The van der Waals surface area contributed by atoms with Gasteiger partial charge in [0.05, 0.1) is 32.0 Å². The summed E-state index contributed by atoms with van der Waals surface area (Å²) in [5.41, 5.74) is 1.08. The van der Waals surface area contributed by atoms with Gasteiger partial charge in [-0.05, 0) is 30.9 Å². The Morgan fingerprint density at radius 2 is 2.29 bits per heavy atom. The van der Waals surface area contributed by atoms with Crippen molar-refractivity contribution in [3.8, 4) is 0 Å². The van der Waals surface area contributed by atoms with E-state index >= 15 is 0 Å². The van der Waals surface area contributed by atoms with E-state index in [0.29, 0.717) is 25.8 Å². The summed E-state index contributed by atoms with van der Waals surface area (Å²) in [7, 11) is 3.62. The SMILES string of the molecule is CN(C)C(=O)CN1CC[C@@H]2O[C@@H](COCc3cccnc3)CC[C@@H]21. The van der Waals surface area contributed by atoms with E-state index in [1.807, 2.05) is 32.4 Å². The highest BCUT2D eigenvalue weighted by atomic mass is 16.5. The molecule has 0 bridgehead atoms. The van der Waals surface area contributed by atoms with Crippen LogP contribution in [0.25, 0.3) is 0 Å². The van der Waals surface area contributed by atoms with Crippen molar-refractivity contribution in [1.29, 1.82) is 0 Å². The average Bonchev–Trinajstić information content (AvgIpc) is 2.98. The lowest BCUT2D eigenvalue weighted by molar-refractivity contribution is -0.132. The topological polar surface area (TPSA) is 54.9 Å². The number of carbonyl (C=O) groups excluding carboxylic acids is 1. The van der Waals surface area contributed by atoms with E-state index in [1.54, 1.807) is 11.1 Å². The van der Waals surface area contributed by atoms with Crippen molar-refractivity contribution in [2.45, 2.75) is 44.1 Å². The molecule has 2 aliphatic rings. The number of amides is 1. The van der Waals surface area contributed by atoms with Crippen LogP contribution in [-0.4, -0.2) is 72.7 Å². The maximum Gasteiger partial charge on any atom is 0.236 e. The van der Waals surface area contributed by atoms with Gasteiger partial charge in [-0.15, -0.1) is 0 Å². The van der Waals surface area contributed by atoms with E-state index in [1.165, 1.54) is 0 Å². The van der Waals surface area contributed by atoms with Crippen molar-refractivity contribution in [3.05, 3.63) is 30.1 Å². The van der Waals surface area contributed by atoms with Gasteiger partial charge in [0.25, 0.3) is 0 Å². The summed E-state index contributed by atoms with van der Waals surface area (Å²) < 4.78 is 12.0. The summed E-state index contributed by atoms with van der Waals surface area (Å²) in [5.74, 6) is 0.164. The number of likely N-dealkylation sites (tertiary alicyclic amines) is 1. The first kappa shape index (κ1) is 17.3. The number of carbonyl (C=O) groups is 1. The van der Waals surface area contributed by atoms with Gasteiger partial charge in [-0.1, -0.05) is 6.07 Å². The lowest BCUT2D eigenvalue weighted by Gasteiger charge is -2.36. The first-order valence-electron chi connectivity index (χ1n) is 8.70. The van der Waals surface area contributed by atoms with Crippen molar-refractivity contribution in [1.82, 2.24) is 14.8 Å². The summed E-state index contributed by atoms with van der Waals surface area (Å²) in [6.45, 7) is 2.64. The quantitative estimate of drug-likeness (QED) is 0.786. The number of fused-ring (bicyclic) bond motifs is 1. The molecule has 0 saturated carbocycles. The number of rotatable bonds is 6. The van der Waals surface area contributed by atoms with E-state index < -0.39 is 0 Å². The van der Waals surface area contributed by atoms with Crippen LogP contribution in [0.2, 0.25) is 0 Å². The minimum Gasteiger partial charge on any atom is -0.374 e. The lowest BCUT2D eigenvalue weighted by Crippen LogP contribution is -2.46. The molecule has 0 N–H and O–H groups in total. The molecule has 2 fully saturated rings. The summed E-state index contributed by atoms with van der Waals surface area (Å²) in [5, 5.41) is 0. The second-order valence-corrected chi connectivity index (χ2v) is 6.86. The number of ether oxygens (including phenoxy) is 2. The van der Waals surface area contributed by atoms with Gasteiger partial charge in [0.15, 0.2) is 0 Å². The minimum absolute atomic E-state index is 0.160. The summed E-state index contributed by atoms with van der Waals surface area (Å²) in [4.78, 5) is 20.0. The Hall–Kier alpha value is -1.50. The number of nitrogens with zero attached hydrogens (tertiary/aromatic N) is 3. The molecule has 1 aromatic heterocycles. The number of pyridine rings is 1. The highest BCUT2D eigenvalue weighted by molar-refractivity contribution is 5.77. The first-order chi connectivity index (χ1) is 11.6. The normalized spacial score (nSPS) is 27.0. The molecule has 0 spiro atoms. The van der Waals surface area contributed by atoms with Crippen LogP contribution >= 0.6 is 0 Å². The average molecular weight is 333 g/mol. The predicted octanol–water partition coefficient (Wildman–Crippen LogP) is 1.31. The number of likely N-dealkylation sites (N-methyl/N-ethyl adjacent to an activating group) is 1. The van der Waals surface area contributed by atoms with E-state index in [4.69, 9.17) is 9.47 Å². The van der Waals surface area contributed by atoms with Crippen LogP contribution in [0.1, 0.15) is 24.8 Å². The van der Waals surface area contributed by atoms with Crippen molar-refractivity contribution < 1.29 is 14.3 Å². The smallest absolute Gasteiger partial charge is 0.236 e. The molecule has 6 heteroatoms. The zero-order valence-corrected chi connectivity index (χ0v) is 14.6. The molecule has 1 aromatic rings. The fraction of sp³-hybridized carbons (Fsp3) is 0.667. The second-order valence-electron chi connectivity index (χ2n) is 6.86. The van der Waals surface area contributed by atoms with Crippen LogP contribution in [0.4, 0.5) is 0 Å². The predicted molar refractivity (Wildman–Crippen MR) is 90.5 cm³/mol. The molecule has 2 aliphatic heterocycles. The lowest BCUT2D eigenvalue weighted by atomic mass is 9.99. The van der Waals surface area contributed by atoms with Gasteiger partial charge in [-0.2, -0.15) is 0 Å². The van der Waals surface area contributed by atoms with Crippen molar-refractivity contribution >= 4 is 5.91 Å². The molecular formula is C18H27N3O3. The molecule has 1 amide bonds. The van der Waals surface area contributed by atoms with E-state index in [-0.39, 0.29) is 18.1 Å². The van der Waals surface area contributed by atoms with Gasteiger partial charge in [0.1, 0.15) is 0 Å². The van der Waals surface area contributed by atoms with Crippen LogP contribution in [-0.2, 0) is 20.9 Å². The fourth-order valence-corrected chi connectivity index (χ4v) is 3.51. The highest BCUT2D eigenvalue weighted by Crippen LogP contribution is 2.31. The molecule has 2 saturated heterocycles. The third-order valence-corrected chi connectivity index (χ3v) is 4.88. The Balaban J connectivity index is 1.42. The van der Waals surface area contributed by atoms with Gasteiger partial charge in [0.2, 0.25) is 5.91 Å². The molecule has 6 nitrogen and oxygen atoms in total. The molecule has 0 aliphatic carbocycles. The molecule has 24 heavy (non-hydrogen) atoms. The summed E-state index contributed by atoms with van der Waals surface area (Å²) in [6.07, 6.45) is 7.06. The van der Waals surface area contributed by atoms with Gasteiger partial charge < -0.3 is 14.4 Å². The number of hydrogen-bond donors (Lipinski definition) is 0. The Morgan fingerprint density at radius 3 is 3.04 bits per heavy atom. The van der Waals surface area contributed by atoms with Crippen molar-refractivity contribution in [3.63, 3.8) is 0 Å². The maximum atomic E-state index is 11.9.